The lowest BCUT2D eigenvalue weighted by atomic mass is 10.0. The van der Waals surface area contributed by atoms with Gasteiger partial charge in [-0.2, -0.15) is 0 Å². The fourth-order valence-corrected chi connectivity index (χ4v) is 9.13. The molecular formula is C54H110N2O6P+. The SMILES string of the molecule is CCCCCCCCCC/C=C\CCCCCCCCCCCCCCCCCCCCCCCCCCCC(=O)NC(COP(=O)(O)OCC[N+](C)(C)C)C(O)CCCCCC. The van der Waals surface area contributed by atoms with Gasteiger partial charge in [0.05, 0.1) is 39.9 Å². The molecule has 0 bridgehead atoms. The summed E-state index contributed by atoms with van der Waals surface area (Å²) in [7, 11) is 1.62. The molecule has 376 valence electrons. The van der Waals surface area contributed by atoms with E-state index in [0.29, 0.717) is 23.9 Å². The van der Waals surface area contributed by atoms with Crippen LogP contribution < -0.4 is 5.32 Å². The molecule has 0 saturated heterocycles. The zero-order chi connectivity index (χ0) is 46.4. The first kappa shape index (κ1) is 62.2. The van der Waals surface area contributed by atoms with Crippen molar-refractivity contribution < 1.29 is 32.9 Å². The number of carbonyl (C=O) groups is 1. The highest BCUT2D eigenvalue weighted by Crippen LogP contribution is 2.43. The summed E-state index contributed by atoms with van der Waals surface area (Å²) in [5.41, 5.74) is 0. The van der Waals surface area contributed by atoms with Crippen LogP contribution >= 0.6 is 7.82 Å². The van der Waals surface area contributed by atoms with Crippen molar-refractivity contribution in [1.82, 2.24) is 5.32 Å². The summed E-state index contributed by atoms with van der Waals surface area (Å²) in [6.07, 6.45) is 56.5. The Labute approximate surface area is 392 Å². The Morgan fingerprint density at radius 1 is 0.524 bits per heavy atom. The average molecular weight is 914 g/mol. The number of hydrogen-bond acceptors (Lipinski definition) is 5. The maximum Gasteiger partial charge on any atom is 0.472 e. The summed E-state index contributed by atoms with van der Waals surface area (Å²) in [6, 6.07) is -0.752. The zero-order valence-electron chi connectivity index (χ0n) is 42.8. The maximum absolute atomic E-state index is 12.8. The molecule has 0 aliphatic rings. The number of allylic oxidation sites excluding steroid dienone is 2. The van der Waals surface area contributed by atoms with Gasteiger partial charge in [-0.3, -0.25) is 13.8 Å². The van der Waals surface area contributed by atoms with E-state index in [2.05, 4.69) is 31.3 Å². The summed E-state index contributed by atoms with van der Waals surface area (Å²) in [5, 5.41) is 13.7. The van der Waals surface area contributed by atoms with Crippen molar-refractivity contribution in [2.24, 2.45) is 0 Å². The number of aliphatic hydroxyl groups excluding tert-OH is 1. The van der Waals surface area contributed by atoms with E-state index in [-0.39, 0.29) is 19.1 Å². The predicted octanol–water partition coefficient (Wildman–Crippen LogP) is 16.3. The number of phosphoric ester groups is 1. The normalized spacial score (nSPS) is 14.1. The maximum atomic E-state index is 12.8. The van der Waals surface area contributed by atoms with E-state index < -0.39 is 20.0 Å². The van der Waals surface area contributed by atoms with Crippen molar-refractivity contribution in [2.75, 3.05) is 40.9 Å². The Bertz CT molecular complexity index is 1040. The Hall–Kier alpha value is -0.760. The molecule has 3 atom stereocenters. The minimum absolute atomic E-state index is 0.0763. The lowest BCUT2D eigenvalue weighted by Crippen LogP contribution is -2.46. The fourth-order valence-electron chi connectivity index (χ4n) is 8.40. The van der Waals surface area contributed by atoms with Gasteiger partial charge < -0.3 is 19.8 Å². The van der Waals surface area contributed by atoms with Crippen LogP contribution in [0.1, 0.15) is 277 Å². The third kappa shape index (κ3) is 49.0. The first-order valence-electron chi connectivity index (χ1n) is 27.6. The van der Waals surface area contributed by atoms with Crippen LogP contribution in [-0.2, 0) is 18.4 Å². The molecule has 0 spiro atoms. The van der Waals surface area contributed by atoms with Crippen molar-refractivity contribution in [2.45, 2.75) is 289 Å². The van der Waals surface area contributed by atoms with Gasteiger partial charge in [-0.1, -0.05) is 244 Å². The number of nitrogens with zero attached hydrogens (tertiary/aromatic N) is 1. The number of rotatable bonds is 51. The number of phosphoric acid groups is 1. The number of carbonyl (C=O) groups excluding carboxylic acids is 1. The highest BCUT2D eigenvalue weighted by atomic mass is 31.2. The van der Waals surface area contributed by atoms with E-state index in [9.17, 15) is 19.4 Å². The summed E-state index contributed by atoms with van der Waals surface area (Å²) in [6.45, 7) is 4.79. The van der Waals surface area contributed by atoms with Crippen LogP contribution in [0.25, 0.3) is 0 Å². The Morgan fingerprint density at radius 3 is 1.22 bits per heavy atom. The molecule has 3 unspecified atom stereocenters. The smallest absolute Gasteiger partial charge is 0.391 e. The summed E-state index contributed by atoms with van der Waals surface area (Å²) in [4.78, 5) is 23.0. The van der Waals surface area contributed by atoms with Gasteiger partial charge in [0.2, 0.25) is 5.91 Å². The second-order valence-corrected chi connectivity index (χ2v) is 21.8. The third-order valence-corrected chi connectivity index (χ3v) is 13.7. The van der Waals surface area contributed by atoms with Crippen molar-refractivity contribution in [3.8, 4) is 0 Å². The molecule has 1 amide bonds. The van der Waals surface area contributed by atoms with E-state index in [4.69, 9.17) is 9.05 Å². The predicted molar refractivity (Wildman–Crippen MR) is 272 cm³/mol. The molecule has 9 heteroatoms. The van der Waals surface area contributed by atoms with Crippen LogP contribution in [0.5, 0.6) is 0 Å². The fraction of sp³-hybridized carbons (Fsp3) is 0.944. The molecule has 0 aliphatic carbocycles. The van der Waals surface area contributed by atoms with Gasteiger partial charge >= 0.3 is 7.82 Å². The van der Waals surface area contributed by atoms with Gasteiger partial charge in [-0.15, -0.1) is 0 Å². The van der Waals surface area contributed by atoms with Crippen molar-refractivity contribution in [3.05, 3.63) is 12.2 Å². The number of amides is 1. The van der Waals surface area contributed by atoms with E-state index in [1.165, 1.54) is 205 Å². The number of hydrogen-bond donors (Lipinski definition) is 3. The largest absolute Gasteiger partial charge is 0.472 e. The van der Waals surface area contributed by atoms with Gasteiger partial charge in [0, 0.05) is 6.42 Å². The molecule has 8 nitrogen and oxygen atoms in total. The van der Waals surface area contributed by atoms with Crippen molar-refractivity contribution >= 4 is 13.7 Å². The number of likely N-dealkylation sites (N-methyl/N-ethyl adjacent to an activating group) is 1. The molecule has 3 N–H and O–H groups in total. The van der Waals surface area contributed by atoms with Gasteiger partial charge in [0.25, 0.3) is 0 Å². The quantitative estimate of drug-likeness (QED) is 0.0243. The van der Waals surface area contributed by atoms with Gasteiger partial charge in [-0.05, 0) is 38.5 Å². The van der Waals surface area contributed by atoms with E-state index in [1.54, 1.807) is 0 Å². The average Bonchev–Trinajstić information content (AvgIpc) is 3.24. The minimum Gasteiger partial charge on any atom is -0.391 e. The van der Waals surface area contributed by atoms with Crippen LogP contribution in [0.2, 0.25) is 0 Å². The molecule has 0 rings (SSSR count). The number of unbranched alkanes of at least 4 members (excludes halogenated alkanes) is 36. The first-order valence-corrected chi connectivity index (χ1v) is 29.0. The van der Waals surface area contributed by atoms with Crippen molar-refractivity contribution in [1.29, 1.82) is 0 Å². The highest BCUT2D eigenvalue weighted by molar-refractivity contribution is 7.47. The van der Waals surface area contributed by atoms with E-state index in [1.807, 2.05) is 21.1 Å². The van der Waals surface area contributed by atoms with E-state index in [0.717, 1.165) is 44.9 Å². The second-order valence-electron chi connectivity index (χ2n) is 20.3. The number of quaternary nitrogens is 1. The Morgan fingerprint density at radius 2 is 0.857 bits per heavy atom. The minimum atomic E-state index is -4.29. The summed E-state index contributed by atoms with van der Waals surface area (Å²) >= 11 is 0. The van der Waals surface area contributed by atoms with Crippen molar-refractivity contribution in [3.63, 3.8) is 0 Å². The summed E-state index contributed by atoms with van der Waals surface area (Å²) < 4.78 is 23.4. The Kier molecular flexibility index (Phi) is 45.8. The van der Waals surface area contributed by atoms with Gasteiger partial charge in [-0.25, -0.2) is 4.57 Å². The number of nitrogens with one attached hydrogen (secondary N) is 1. The van der Waals surface area contributed by atoms with Crippen LogP contribution in [0.4, 0.5) is 0 Å². The van der Waals surface area contributed by atoms with Crippen LogP contribution in [0, 0.1) is 0 Å². The van der Waals surface area contributed by atoms with Crippen LogP contribution in [-0.4, -0.2) is 73.4 Å². The lowest BCUT2D eigenvalue weighted by molar-refractivity contribution is -0.870. The zero-order valence-corrected chi connectivity index (χ0v) is 43.7. The molecule has 0 saturated carbocycles. The van der Waals surface area contributed by atoms with Crippen LogP contribution in [0.3, 0.4) is 0 Å². The Balaban J connectivity index is 3.63. The molecule has 0 aromatic carbocycles. The topological polar surface area (TPSA) is 105 Å². The van der Waals surface area contributed by atoms with Crippen LogP contribution in [0.15, 0.2) is 12.2 Å². The monoisotopic (exact) mass is 914 g/mol. The molecule has 0 fully saturated rings. The second kappa shape index (κ2) is 46.4. The molecule has 0 radical (unpaired) electrons. The molecule has 0 heterocycles. The molecule has 0 aromatic rings. The van der Waals surface area contributed by atoms with Gasteiger partial charge in [0.15, 0.2) is 0 Å². The molecule has 0 aliphatic heterocycles. The van der Waals surface area contributed by atoms with E-state index >= 15 is 0 Å². The molecule has 0 aromatic heterocycles. The number of aliphatic hydroxyl groups is 1. The van der Waals surface area contributed by atoms with Gasteiger partial charge in [0.1, 0.15) is 13.2 Å². The molecular weight excluding hydrogens is 804 g/mol. The highest BCUT2D eigenvalue weighted by Gasteiger charge is 2.28. The third-order valence-electron chi connectivity index (χ3n) is 12.8. The standard InChI is InChI=1S/C54H109N2O6P/c1-6-8-10-12-13-14-15-16-17-18-19-20-21-22-23-24-25-26-27-28-29-30-31-32-33-34-35-36-37-38-39-40-41-42-43-44-46-48-54(58)55-52(53(57)47-45-11-9-7-2)51-62-63(59,60)61-50-49-56(3,4)5/h18-19,52-53,57H,6-17,20-51H2,1-5H3,(H-,55,58,59,60)/p+1/b19-18-. The first-order chi connectivity index (χ1) is 30.5. The molecule has 63 heavy (non-hydrogen) atoms. The lowest BCUT2D eigenvalue weighted by Gasteiger charge is -2.26. The summed E-state index contributed by atoms with van der Waals surface area (Å²) in [5.74, 6) is -0.148.